The lowest BCUT2D eigenvalue weighted by atomic mass is 10.0. The molecule has 0 aliphatic heterocycles. The number of rotatable bonds is 9. The zero-order valence-corrected chi connectivity index (χ0v) is 13.4. The highest BCUT2D eigenvalue weighted by molar-refractivity contribution is 5.47. The van der Waals surface area contributed by atoms with E-state index in [1.807, 2.05) is 0 Å². The Balaban J connectivity index is 2.70. The molecular weight excluding hydrogens is 248 g/mol. The summed E-state index contributed by atoms with van der Waals surface area (Å²) in [6.45, 7) is 9.37. The average Bonchev–Trinajstić information content (AvgIpc) is 2.44. The molecule has 1 atom stereocenters. The normalized spacial score (nSPS) is 12.7. The van der Waals surface area contributed by atoms with E-state index in [0.29, 0.717) is 5.92 Å². The van der Waals surface area contributed by atoms with Crippen molar-refractivity contribution >= 4 is 5.69 Å². The fraction of sp³-hybridized carbons (Fsp3) is 0.647. The Morgan fingerprint density at radius 2 is 1.85 bits per heavy atom. The third kappa shape index (κ3) is 5.93. The summed E-state index contributed by atoms with van der Waals surface area (Å²) in [5.41, 5.74) is 8.59. The molecule has 0 bridgehead atoms. The molecule has 3 nitrogen and oxygen atoms in total. The van der Waals surface area contributed by atoms with Gasteiger partial charge in [0.2, 0.25) is 0 Å². The number of ether oxygens (including phenoxy) is 1. The first-order valence-electron chi connectivity index (χ1n) is 7.65. The van der Waals surface area contributed by atoms with E-state index in [0.717, 1.165) is 32.5 Å². The van der Waals surface area contributed by atoms with Gasteiger partial charge in [-0.15, -0.1) is 0 Å². The number of hydrogen-bond donors (Lipinski definition) is 1. The Morgan fingerprint density at radius 1 is 1.20 bits per heavy atom. The largest absolute Gasteiger partial charge is 0.383 e. The van der Waals surface area contributed by atoms with E-state index in [9.17, 15) is 0 Å². The third-order valence-electron chi connectivity index (χ3n) is 3.47. The topological polar surface area (TPSA) is 38.5 Å². The SMILES string of the molecule is CCC(N)Cc1ccc(N(CCOC)CC(C)C)cc1. The van der Waals surface area contributed by atoms with Gasteiger partial charge in [0.1, 0.15) is 0 Å². The van der Waals surface area contributed by atoms with Gasteiger partial charge in [-0.3, -0.25) is 0 Å². The molecule has 2 N–H and O–H groups in total. The first kappa shape index (κ1) is 17.0. The maximum Gasteiger partial charge on any atom is 0.0637 e. The number of anilines is 1. The predicted octanol–water partition coefficient (Wildman–Crippen LogP) is 3.08. The molecule has 1 aromatic rings. The molecule has 0 spiro atoms. The summed E-state index contributed by atoms with van der Waals surface area (Å²) in [5.74, 6) is 0.639. The predicted molar refractivity (Wildman–Crippen MR) is 87.3 cm³/mol. The van der Waals surface area contributed by atoms with Crippen molar-refractivity contribution in [1.82, 2.24) is 0 Å². The third-order valence-corrected chi connectivity index (χ3v) is 3.47. The number of benzene rings is 1. The summed E-state index contributed by atoms with van der Waals surface area (Å²) >= 11 is 0. The zero-order chi connectivity index (χ0) is 15.0. The Morgan fingerprint density at radius 3 is 2.35 bits per heavy atom. The van der Waals surface area contributed by atoms with Crippen molar-refractivity contribution in [3.8, 4) is 0 Å². The molecule has 0 heterocycles. The molecule has 3 heteroatoms. The van der Waals surface area contributed by atoms with Crippen LogP contribution in [-0.4, -0.2) is 32.8 Å². The second-order valence-corrected chi connectivity index (χ2v) is 5.87. The molecule has 0 saturated carbocycles. The van der Waals surface area contributed by atoms with Gasteiger partial charge in [0.15, 0.2) is 0 Å². The van der Waals surface area contributed by atoms with Crippen LogP contribution < -0.4 is 10.6 Å². The zero-order valence-electron chi connectivity index (χ0n) is 13.4. The van der Waals surface area contributed by atoms with Crippen molar-refractivity contribution in [2.24, 2.45) is 11.7 Å². The second-order valence-electron chi connectivity index (χ2n) is 5.87. The summed E-state index contributed by atoms with van der Waals surface area (Å²) in [6, 6.07) is 9.07. The molecule has 0 aliphatic carbocycles. The number of nitrogens with zero attached hydrogens (tertiary/aromatic N) is 1. The van der Waals surface area contributed by atoms with Crippen LogP contribution in [0.25, 0.3) is 0 Å². The molecule has 114 valence electrons. The second kappa shape index (κ2) is 8.98. The van der Waals surface area contributed by atoms with Crippen LogP contribution in [0.2, 0.25) is 0 Å². The van der Waals surface area contributed by atoms with Crippen LogP contribution in [0, 0.1) is 5.92 Å². The number of hydrogen-bond acceptors (Lipinski definition) is 3. The van der Waals surface area contributed by atoms with Gasteiger partial charge in [-0.1, -0.05) is 32.9 Å². The number of nitrogens with two attached hydrogens (primary N) is 1. The standard InChI is InChI=1S/C17H30N2O/c1-5-16(18)12-15-6-8-17(9-7-15)19(10-11-20-4)13-14(2)3/h6-9,14,16H,5,10-13,18H2,1-4H3. The van der Waals surface area contributed by atoms with Crippen molar-refractivity contribution in [2.75, 3.05) is 31.7 Å². The van der Waals surface area contributed by atoms with Gasteiger partial charge in [0.05, 0.1) is 6.61 Å². The van der Waals surface area contributed by atoms with Gasteiger partial charge in [0, 0.05) is 31.9 Å². The fourth-order valence-electron chi connectivity index (χ4n) is 2.26. The average molecular weight is 278 g/mol. The minimum absolute atomic E-state index is 0.265. The van der Waals surface area contributed by atoms with E-state index in [2.05, 4.69) is 49.9 Å². The van der Waals surface area contributed by atoms with Crippen LogP contribution in [0.5, 0.6) is 0 Å². The lowest BCUT2D eigenvalue weighted by Crippen LogP contribution is -2.31. The van der Waals surface area contributed by atoms with Crippen LogP contribution >= 0.6 is 0 Å². The summed E-state index contributed by atoms with van der Waals surface area (Å²) in [7, 11) is 1.75. The van der Waals surface area contributed by atoms with Crippen LogP contribution in [-0.2, 0) is 11.2 Å². The Kier molecular flexibility index (Phi) is 7.63. The quantitative estimate of drug-likeness (QED) is 0.754. The Hall–Kier alpha value is -1.06. The lowest BCUT2D eigenvalue weighted by Gasteiger charge is -2.26. The van der Waals surface area contributed by atoms with Gasteiger partial charge >= 0.3 is 0 Å². The van der Waals surface area contributed by atoms with Crippen molar-refractivity contribution in [2.45, 2.75) is 39.7 Å². The monoisotopic (exact) mass is 278 g/mol. The van der Waals surface area contributed by atoms with Gasteiger partial charge in [-0.2, -0.15) is 0 Å². The lowest BCUT2D eigenvalue weighted by molar-refractivity contribution is 0.204. The summed E-state index contributed by atoms with van der Waals surface area (Å²) in [6.07, 6.45) is 1.98. The van der Waals surface area contributed by atoms with Crippen molar-refractivity contribution in [1.29, 1.82) is 0 Å². The highest BCUT2D eigenvalue weighted by Crippen LogP contribution is 2.17. The molecule has 1 unspecified atom stereocenters. The van der Waals surface area contributed by atoms with Crippen LogP contribution in [0.1, 0.15) is 32.8 Å². The minimum atomic E-state index is 0.265. The molecule has 0 aromatic heterocycles. The molecule has 0 amide bonds. The van der Waals surface area contributed by atoms with Crippen LogP contribution in [0.15, 0.2) is 24.3 Å². The summed E-state index contributed by atoms with van der Waals surface area (Å²) in [5, 5.41) is 0. The van der Waals surface area contributed by atoms with Crippen molar-refractivity contribution < 1.29 is 4.74 Å². The molecule has 20 heavy (non-hydrogen) atoms. The van der Waals surface area contributed by atoms with Crippen molar-refractivity contribution in [3.05, 3.63) is 29.8 Å². The van der Waals surface area contributed by atoms with Crippen LogP contribution in [0.3, 0.4) is 0 Å². The molecular formula is C17H30N2O. The van der Waals surface area contributed by atoms with Crippen molar-refractivity contribution in [3.63, 3.8) is 0 Å². The molecule has 0 aliphatic rings. The molecule has 0 fully saturated rings. The van der Waals surface area contributed by atoms with Gasteiger partial charge in [0.25, 0.3) is 0 Å². The molecule has 0 radical (unpaired) electrons. The van der Waals surface area contributed by atoms with Gasteiger partial charge in [-0.05, 0) is 36.5 Å². The first-order valence-corrected chi connectivity index (χ1v) is 7.65. The highest BCUT2D eigenvalue weighted by atomic mass is 16.5. The fourth-order valence-corrected chi connectivity index (χ4v) is 2.26. The summed E-state index contributed by atoms with van der Waals surface area (Å²) < 4.78 is 5.21. The Bertz CT molecular complexity index is 362. The molecule has 1 aromatic carbocycles. The maximum atomic E-state index is 6.01. The van der Waals surface area contributed by atoms with Gasteiger partial charge < -0.3 is 15.4 Å². The molecule has 0 saturated heterocycles. The minimum Gasteiger partial charge on any atom is -0.383 e. The highest BCUT2D eigenvalue weighted by Gasteiger charge is 2.09. The van der Waals surface area contributed by atoms with E-state index in [-0.39, 0.29) is 6.04 Å². The van der Waals surface area contributed by atoms with Gasteiger partial charge in [-0.25, -0.2) is 0 Å². The van der Waals surface area contributed by atoms with E-state index in [1.165, 1.54) is 11.3 Å². The Labute approximate surface area is 124 Å². The van der Waals surface area contributed by atoms with E-state index >= 15 is 0 Å². The summed E-state index contributed by atoms with van der Waals surface area (Å²) in [4.78, 5) is 2.39. The smallest absolute Gasteiger partial charge is 0.0637 e. The number of methoxy groups -OCH3 is 1. The van der Waals surface area contributed by atoms with E-state index in [4.69, 9.17) is 10.5 Å². The van der Waals surface area contributed by atoms with E-state index < -0.39 is 0 Å². The van der Waals surface area contributed by atoms with Crippen LogP contribution in [0.4, 0.5) is 5.69 Å². The molecule has 1 rings (SSSR count). The first-order chi connectivity index (χ1) is 9.56. The maximum absolute atomic E-state index is 6.01. The van der Waals surface area contributed by atoms with E-state index in [1.54, 1.807) is 7.11 Å².